The fraction of sp³-hybridized carbons (Fsp3) is 0.429. The van der Waals surface area contributed by atoms with Crippen LogP contribution in [0.15, 0.2) is 28.7 Å². The molecule has 0 spiro atoms. The zero-order chi connectivity index (χ0) is 15.1. The molecule has 0 bridgehead atoms. The van der Waals surface area contributed by atoms with Crippen LogP contribution in [-0.4, -0.2) is 43.5 Å². The molecule has 3 amide bonds. The summed E-state index contributed by atoms with van der Waals surface area (Å²) in [6, 6.07) is 7.25. The molecular weight excluding hydrogens is 322 g/mol. The van der Waals surface area contributed by atoms with E-state index in [2.05, 4.69) is 26.6 Å². The van der Waals surface area contributed by atoms with Crippen LogP contribution >= 0.6 is 15.9 Å². The first-order valence-electron chi connectivity index (χ1n) is 6.41. The molecule has 5 nitrogen and oxygen atoms in total. The smallest absolute Gasteiger partial charge is 0.321 e. The molecule has 110 valence electrons. The van der Waals surface area contributed by atoms with Crippen molar-refractivity contribution in [1.29, 1.82) is 0 Å². The highest BCUT2D eigenvalue weighted by Gasteiger charge is 2.19. The van der Waals surface area contributed by atoms with E-state index in [1.807, 2.05) is 36.2 Å². The second-order valence-corrected chi connectivity index (χ2v) is 5.52. The molecule has 0 aliphatic carbocycles. The van der Waals surface area contributed by atoms with Crippen LogP contribution in [-0.2, 0) is 11.2 Å². The van der Waals surface area contributed by atoms with Crippen molar-refractivity contribution in [2.24, 2.45) is 0 Å². The zero-order valence-electron chi connectivity index (χ0n) is 11.9. The van der Waals surface area contributed by atoms with Crippen LogP contribution in [0.25, 0.3) is 0 Å². The highest BCUT2D eigenvalue weighted by Crippen LogP contribution is 2.11. The summed E-state index contributed by atoms with van der Waals surface area (Å²) in [6.07, 6.45) is 0.849. The molecule has 0 saturated carbocycles. The SMILES string of the molecule is CNC(=O)NC(=O)[C@@H](C)N(C)CCc1ccc(Br)cc1. The van der Waals surface area contributed by atoms with E-state index >= 15 is 0 Å². The molecule has 6 heteroatoms. The molecule has 1 aromatic rings. The van der Waals surface area contributed by atoms with E-state index in [-0.39, 0.29) is 11.9 Å². The number of benzene rings is 1. The lowest BCUT2D eigenvalue weighted by atomic mass is 10.1. The zero-order valence-corrected chi connectivity index (χ0v) is 13.5. The molecular formula is C14H20BrN3O2. The van der Waals surface area contributed by atoms with Gasteiger partial charge in [-0.15, -0.1) is 0 Å². The molecule has 0 aliphatic heterocycles. The lowest BCUT2D eigenvalue weighted by molar-refractivity contribution is -0.124. The first-order valence-corrected chi connectivity index (χ1v) is 7.20. The Labute approximate surface area is 127 Å². The number of likely N-dealkylation sites (N-methyl/N-ethyl adjacent to an activating group) is 1. The molecule has 2 N–H and O–H groups in total. The summed E-state index contributed by atoms with van der Waals surface area (Å²) in [5.74, 6) is -0.303. The van der Waals surface area contributed by atoms with Crippen LogP contribution in [0.2, 0.25) is 0 Å². The van der Waals surface area contributed by atoms with Crippen molar-refractivity contribution in [3.05, 3.63) is 34.3 Å². The van der Waals surface area contributed by atoms with Crippen molar-refractivity contribution in [2.45, 2.75) is 19.4 Å². The average Bonchev–Trinajstić information content (AvgIpc) is 2.45. The topological polar surface area (TPSA) is 61.4 Å². The Bertz CT molecular complexity index is 462. The van der Waals surface area contributed by atoms with Gasteiger partial charge in [0.2, 0.25) is 5.91 Å². The third-order valence-electron chi connectivity index (χ3n) is 3.17. The van der Waals surface area contributed by atoms with E-state index in [9.17, 15) is 9.59 Å². The van der Waals surface area contributed by atoms with E-state index in [0.29, 0.717) is 0 Å². The number of nitrogens with zero attached hydrogens (tertiary/aromatic N) is 1. The van der Waals surface area contributed by atoms with Crippen molar-refractivity contribution in [3.63, 3.8) is 0 Å². The van der Waals surface area contributed by atoms with Crippen LogP contribution < -0.4 is 10.6 Å². The van der Waals surface area contributed by atoms with Gasteiger partial charge in [-0.25, -0.2) is 4.79 Å². The Balaban J connectivity index is 2.45. The molecule has 1 atom stereocenters. The Morgan fingerprint density at radius 1 is 1.30 bits per heavy atom. The summed E-state index contributed by atoms with van der Waals surface area (Å²) >= 11 is 3.40. The highest BCUT2D eigenvalue weighted by molar-refractivity contribution is 9.10. The second kappa shape index (κ2) is 8.01. The van der Waals surface area contributed by atoms with Gasteiger partial charge >= 0.3 is 6.03 Å². The van der Waals surface area contributed by atoms with Crippen molar-refractivity contribution in [3.8, 4) is 0 Å². The Morgan fingerprint density at radius 3 is 2.45 bits per heavy atom. The minimum atomic E-state index is -0.483. The summed E-state index contributed by atoms with van der Waals surface area (Å²) in [6.45, 7) is 2.52. The van der Waals surface area contributed by atoms with Gasteiger partial charge in [0.15, 0.2) is 0 Å². The van der Waals surface area contributed by atoms with Gasteiger partial charge in [0, 0.05) is 18.1 Å². The minimum Gasteiger partial charge on any atom is -0.341 e. The standard InChI is InChI=1S/C14H20BrN3O2/c1-10(13(19)17-14(20)16-2)18(3)9-8-11-4-6-12(15)7-5-11/h4-7,10H,8-9H2,1-3H3,(H2,16,17,19,20)/t10-/m1/s1. The van der Waals surface area contributed by atoms with Gasteiger partial charge < -0.3 is 5.32 Å². The first kappa shape index (κ1) is 16.7. The Morgan fingerprint density at radius 2 is 1.90 bits per heavy atom. The number of hydrogen-bond donors (Lipinski definition) is 2. The maximum absolute atomic E-state index is 11.8. The normalized spacial score (nSPS) is 12.1. The van der Waals surface area contributed by atoms with E-state index in [1.165, 1.54) is 12.6 Å². The average molecular weight is 342 g/mol. The van der Waals surface area contributed by atoms with Gasteiger partial charge in [0.05, 0.1) is 6.04 Å². The molecule has 1 rings (SSSR count). The molecule has 0 saturated heterocycles. The number of carbonyl (C=O) groups excluding carboxylic acids is 2. The fourth-order valence-corrected chi connectivity index (χ4v) is 1.89. The number of urea groups is 1. The van der Waals surface area contributed by atoms with Crippen LogP contribution in [0, 0.1) is 0 Å². The number of halogens is 1. The Hall–Kier alpha value is -1.40. The lowest BCUT2D eigenvalue weighted by Crippen LogP contribution is -2.48. The molecule has 0 unspecified atom stereocenters. The van der Waals surface area contributed by atoms with Crippen molar-refractivity contribution < 1.29 is 9.59 Å². The van der Waals surface area contributed by atoms with Crippen LogP contribution in [0.5, 0.6) is 0 Å². The highest BCUT2D eigenvalue weighted by atomic mass is 79.9. The van der Waals surface area contributed by atoms with Crippen molar-refractivity contribution in [2.75, 3.05) is 20.6 Å². The molecule has 0 heterocycles. The first-order chi connectivity index (χ1) is 9.43. The summed E-state index contributed by atoms with van der Waals surface area (Å²) < 4.78 is 1.05. The van der Waals surface area contributed by atoms with Crippen molar-refractivity contribution in [1.82, 2.24) is 15.5 Å². The fourth-order valence-electron chi connectivity index (χ4n) is 1.63. The van der Waals surface area contributed by atoms with Crippen molar-refractivity contribution >= 4 is 27.9 Å². The number of rotatable bonds is 5. The monoisotopic (exact) mass is 341 g/mol. The van der Waals surface area contributed by atoms with Gasteiger partial charge in [0.1, 0.15) is 0 Å². The summed E-state index contributed by atoms with van der Waals surface area (Å²) in [5, 5.41) is 4.64. The summed E-state index contributed by atoms with van der Waals surface area (Å²) in [7, 11) is 3.34. The molecule has 0 radical (unpaired) electrons. The van der Waals surface area contributed by atoms with E-state index in [1.54, 1.807) is 6.92 Å². The lowest BCUT2D eigenvalue weighted by Gasteiger charge is -2.23. The second-order valence-electron chi connectivity index (χ2n) is 4.60. The molecule has 0 aliphatic rings. The van der Waals surface area contributed by atoms with E-state index in [0.717, 1.165) is 17.4 Å². The third kappa shape index (κ3) is 5.30. The predicted octanol–water partition coefficient (Wildman–Crippen LogP) is 1.77. The van der Waals surface area contributed by atoms with Gasteiger partial charge in [-0.1, -0.05) is 28.1 Å². The number of hydrogen-bond acceptors (Lipinski definition) is 3. The number of imide groups is 1. The van der Waals surface area contributed by atoms with Crippen LogP contribution in [0.3, 0.4) is 0 Å². The molecule has 1 aromatic carbocycles. The number of amides is 3. The summed E-state index contributed by atoms with van der Waals surface area (Å²) in [5.41, 5.74) is 1.21. The van der Waals surface area contributed by atoms with E-state index in [4.69, 9.17) is 0 Å². The molecule has 20 heavy (non-hydrogen) atoms. The van der Waals surface area contributed by atoms with E-state index < -0.39 is 6.03 Å². The van der Waals surface area contributed by atoms with Crippen LogP contribution in [0.1, 0.15) is 12.5 Å². The largest absolute Gasteiger partial charge is 0.341 e. The molecule has 0 fully saturated rings. The minimum absolute atomic E-state index is 0.303. The quantitative estimate of drug-likeness (QED) is 0.857. The van der Waals surface area contributed by atoms with Gasteiger partial charge in [-0.05, 0) is 38.1 Å². The number of nitrogens with one attached hydrogen (secondary N) is 2. The molecule has 0 aromatic heterocycles. The van der Waals surface area contributed by atoms with Gasteiger partial charge in [-0.3, -0.25) is 15.0 Å². The predicted molar refractivity (Wildman–Crippen MR) is 82.5 cm³/mol. The number of carbonyl (C=O) groups is 2. The van der Waals surface area contributed by atoms with Gasteiger partial charge in [-0.2, -0.15) is 0 Å². The third-order valence-corrected chi connectivity index (χ3v) is 3.70. The van der Waals surface area contributed by atoms with Crippen LogP contribution in [0.4, 0.5) is 4.79 Å². The Kier molecular flexibility index (Phi) is 6.67. The summed E-state index contributed by atoms with van der Waals surface area (Å²) in [4.78, 5) is 24.8. The maximum atomic E-state index is 11.8. The van der Waals surface area contributed by atoms with Gasteiger partial charge in [0.25, 0.3) is 0 Å². The maximum Gasteiger partial charge on any atom is 0.321 e.